The van der Waals surface area contributed by atoms with E-state index in [1.165, 1.54) is 42.5 Å². The van der Waals surface area contributed by atoms with Gasteiger partial charge in [-0.15, -0.1) is 0 Å². The lowest BCUT2D eigenvalue weighted by Gasteiger charge is -2.50. The number of aliphatic hydroxyl groups is 1. The summed E-state index contributed by atoms with van der Waals surface area (Å²) < 4.78 is 21.3. The van der Waals surface area contributed by atoms with Gasteiger partial charge in [0.1, 0.15) is 11.6 Å². The van der Waals surface area contributed by atoms with E-state index in [9.17, 15) is 14.3 Å². The number of methoxy groups -OCH3 is 1. The number of rotatable bonds is 5. The molecule has 1 saturated carbocycles. The van der Waals surface area contributed by atoms with Gasteiger partial charge in [0.15, 0.2) is 0 Å². The molecule has 0 radical (unpaired) electrons. The molecule has 0 bridgehead atoms. The Hall–Kier alpha value is -2.90. The van der Waals surface area contributed by atoms with Crippen molar-refractivity contribution in [1.29, 1.82) is 0 Å². The highest BCUT2D eigenvalue weighted by Crippen LogP contribution is 2.50. The van der Waals surface area contributed by atoms with Crippen LogP contribution in [0.3, 0.4) is 0 Å². The quantitative estimate of drug-likeness (QED) is 0.580. The molecular weight excluding hydrogens is 457 g/mol. The van der Waals surface area contributed by atoms with Crippen LogP contribution in [0.5, 0.6) is 5.75 Å². The molecule has 0 unspecified atom stereocenters. The minimum atomic E-state index is -0.476. The van der Waals surface area contributed by atoms with Gasteiger partial charge in [-0.25, -0.2) is 4.39 Å². The zero-order valence-electron chi connectivity index (χ0n) is 21.0. The van der Waals surface area contributed by atoms with Gasteiger partial charge in [-0.3, -0.25) is 4.79 Å². The van der Waals surface area contributed by atoms with Crippen molar-refractivity contribution in [1.82, 2.24) is 14.4 Å². The number of benzene rings is 2. The highest BCUT2D eigenvalue weighted by Gasteiger charge is 2.49. The monoisotopic (exact) mass is 491 g/mol. The number of piperidine rings is 1. The molecule has 1 saturated heterocycles. The molecular formula is C29H34FN3O3. The summed E-state index contributed by atoms with van der Waals surface area (Å²) >= 11 is 0. The van der Waals surface area contributed by atoms with Crippen LogP contribution in [0.4, 0.5) is 4.39 Å². The van der Waals surface area contributed by atoms with E-state index in [1.807, 2.05) is 24.1 Å². The van der Waals surface area contributed by atoms with Gasteiger partial charge in [-0.1, -0.05) is 0 Å². The molecule has 1 atom stereocenters. The lowest BCUT2D eigenvalue weighted by atomic mass is 9.68. The number of amides is 1. The molecule has 1 aliphatic carbocycles. The molecule has 3 aromatic rings. The zero-order chi connectivity index (χ0) is 25.0. The maximum Gasteiger partial charge on any atom is 0.254 e. The third kappa shape index (κ3) is 3.80. The standard InChI is InChI=1S/C29H34FN3O3/c1-31-24-15-22(36-2)9-10-23(24)26-27(31)25(17-34)33(28(35)20-5-7-21(30)8-6-20)18-29(26)11-13-32(14-12-29)16-19-3-4-19/h5-10,15,19,25,34H,3-4,11-14,16-18H2,1-2H3/t25-/m1/s1. The first-order valence-corrected chi connectivity index (χ1v) is 13.0. The summed E-state index contributed by atoms with van der Waals surface area (Å²) in [5.74, 6) is 1.10. The number of ether oxygens (including phenoxy) is 1. The summed E-state index contributed by atoms with van der Waals surface area (Å²) in [6.07, 6.45) is 4.61. The minimum Gasteiger partial charge on any atom is -0.497 e. The Morgan fingerprint density at radius 2 is 1.86 bits per heavy atom. The van der Waals surface area contributed by atoms with Gasteiger partial charge < -0.3 is 24.2 Å². The van der Waals surface area contributed by atoms with Crippen LogP contribution in [-0.4, -0.2) is 65.3 Å². The van der Waals surface area contributed by atoms with Crippen molar-refractivity contribution in [2.75, 3.05) is 39.9 Å². The van der Waals surface area contributed by atoms with Crippen molar-refractivity contribution in [3.05, 3.63) is 65.1 Å². The zero-order valence-corrected chi connectivity index (χ0v) is 21.0. The average Bonchev–Trinajstić information content (AvgIpc) is 3.67. The summed E-state index contributed by atoms with van der Waals surface area (Å²) in [4.78, 5) is 18.2. The Morgan fingerprint density at radius 1 is 1.14 bits per heavy atom. The summed E-state index contributed by atoms with van der Waals surface area (Å²) in [5, 5.41) is 11.8. The van der Waals surface area contributed by atoms with Gasteiger partial charge in [-0.2, -0.15) is 0 Å². The Balaban J connectivity index is 1.47. The van der Waals surface area contributed by atoms with Gasteiger partial charge in [0.05, 0.1) is 25.3 Å². The van der Waals surface area contributed by atoms with Crippen molar-refractivity contribution in [2.24, 2.45) is 13.0 Å². The fourth-order valence-corrected chi connectivity index (χ4v) is 6.57. The fraction of sp³-hybridized carbons (Fsp3) is 0.483. The summed E-state index contributed by atoms with van der Waals surface area (Å²) in [5.41, 5.74) is 3.56. The Kier molecular flexibility index (Phi) is 5.80. The minimum absolute atomic E-state index is 0.165. The molecule has 3 aliphatic rings. The van der Waals surface area contributed by atoms with Gasteiger partial charge in [0, 0.05) is 48.3 Å². The number of aryl methyl sites for hydroxylation is 1. The Bertz CT molecular complexity index is 1290. The van der Waals surface area contributed by atoms with Gasteiger partial charge >= 0.3 is 0 Å². The van der Waals surface area contributed by atoms with E-state index in [0.29, 0.717) is 12.1 Å². The number of carbonyl (C=O) groups is 1. The van der Waals surface area contributed by atoms with E-state index in [4.69, 9.17) is 4.74 Å². The normalized spacial score (nSPS) is 21.7. The largest absolute Gasteiger partial charge is 0.497 e. The van der Waals surface area contributed by atoms with Crippen LogP contribution in [0.15, 0.2) is 42.5 Å². The van der Waals surface area contributed by atoms with E-state index in [2.05, 4.69) is 15.5 Å². The first kappa shape index (κ1) is 23.5. The van der Waals surface area contributed by atoms with Crippen LogP contribution in [0.1, 0.15) is 53.3 Å². The molecule has 7 heteroatoms. The van der Waals surface area contributed by atoms with Crippen LogP contribution in [-0.2, 0) is 12.5 Å². The molecule has 1 amide bonds. The molecule has 1 spiro atoms. The van der Waals surface area contributed by atoms with Gasteiger partial charge in [-0.05, 0) is 86.7 Å². The van der Waals surface area contributed by atoms with Crippen LogP contribution in [0.25, 0.3) is 10.9 Å². The molecule has 1 N–H and O–H groups in total. The van der Waals surface area contributed by atoms with Crippen LogP contribution in [0.2, 0.25) is 0 Å². The molecule has 1 aromatic heterocycles. The number of aliphatic hydroxyl groups excluding tert-OH is 1. The Morgan fingerprint density at radius 3 is 2.50 bits per heavy atom. The van der Waals surface area contributed by atoms with Crippen molar-refractivity contribution in [3.8, 4) is 5.75 Å². The molecule has 2 aromatic carbocycles. The van der Waals surface area contributed by atoms with E-state index in [1.54, 1.807) is 19.2 Å². The number of halogens is 1. The first-order valence-electron chi connectivity index (χ1n) is 13.0. The van der Waals surface area contributed by atoms with Crippen LogP contribution >= 0.6 is 0 Å². The van der Waals surface area contributed by atoms with Crippen molar-refractivity contribution in [3.63, 3.8) is 0 Å². The predicted molar refractivity (Wildman–Crippen MR) is 137 cm³/mol. The maximum absolute atomic E-state index is 13.8. The highest BCUT2D eigenvalue weighted by molar-refractivity contribution is 5.96. The van der Waals surface area contributed by atoms with Crippen molar-refractivity contribution in [2.45, 2.75) is 37.1 Å². The van der Waals surface area contributed by atoms with E-state index < -0.39 is 6.04 Å². The molecule has 6 nitrogen and oxygen atoms in total. The molecule has 2 fully saturated rings. The number of hydrogen-bond donors (Lipinski definition) is 1. The molecule has 3 heterocycles. The SMILES string of the molecule is COc1ccc2c3c(n(C)c2c1)[C@@H](CO)N(C(=O)c1ccc(F)cc1)CC31CCN(CC2CC2)CC1. The number of likely N-dealkylation sites (tertiary alicyclic amines) is 1. The second-order valence-corrected chi connectivity index (χ2v) is 10.9. The maximum atomic E-state index is 13.8. The second-order valence-electron chi connectivity index (χ2n) is 10.9. The summed E-state index contributed by atoms with van der Waals surface area (Å²) in [6, 6.07) is 11.4. The number of hydrogen-bond acceptors (Lipinski definition) is 4. The Labute approximate surface area is 211 Å². The lowest BCUT2D eigenvalue weighted by molar-refractivity contribution is 0.0332. The second kappa shape index (κ2) is 8.89. The highest BCUT2D eigenvalue weighted by atomic mass is 19.1. The molecule has 2 aliphatic heterocycles. The van der Waals surface area contributed by atoms with Crippen molar-refractivity contribution < 1.29 is 19.0 Å². The number of aromatic nitrogens is 1. The van der Waals surface area contributed by atoms with E-state index >= 15 is 0 Å². The smallest absolute Gasteiger partial charge is 0.254 e. The van der Waals surface area contributed by atoms with Crippen LogP contribution < -0.4 is 4.74 Å². The summed E-state index contributed by atoms with van der Waals surface area (Å²) in [6.45, 7) is 3.55. The van der Waals surface area contributed by atoms with E-state index in [-0.39, 0.29) is 23.7 Å². The number of carbonyl (C=O) groups excluding carboxylic acids is 1. The molecule has 190 valence electrons. The van der Waals surface area contributed by atoms with Crippen molar-refractivity contribution >= 4 is 16.8 Å². The molecule has 6 rings (SSSR count). The third-order valence-electron chi connectivity index (χ3n) is 8.70. The van der Waals surface area contributed by atoms with Gasteiger partial charge in [0.25, 0.3) is 5.91 Å². The molecule has 36 heavy (non-hydrogen) atoms. The first-order chi connectivity index (χ1) is 17.4. The number of fused-ring (bicyclic) bond motifs is 4. The van der Waals surface area contributed by atoms with Gasteiger partial charge in [0.2, 0.25) is 0 Å². The summed E-state index contributed by atoms with van der Waals surface area (Å²) in [7, 11) is 3.69. The predicted octanol–water partition coefficient (Wildman–Crippen LogP) is 4.26. The van der Waals surface area contributed by atoms with E-state index in [0.717, 1.165) is 48.8 Å². The fourth-order valence-electron chi connectivity index (χ4n) is 6.57. The average molecular weight is 492 g/mol. The number of nitrogens with zero attached hydrogens (tertiary/aromatic N) is 3. The third-order valence-corrected chi connectivity index (χ3v) is 8.70. The lowest BCUT2D eigenvalue weighted by Crippen LogP contribution is -2.55. The van der Waals surface area contributed by atoms with Crippen LogP contribution in [0, 0.1) is 11.7 Å². The topological polar surface area (TPSA) is 57.9 Å².